The van der Waals surface area contributed by atoms with Crippen molar-refractivity contribution in [2.75, 3.05) is 46.3 Å². The maximum Gasteiger partial charge on any atom is 0.224 e. The molecule has 0 radical (unpaired) electrons. The highest BCUT2D eigenvalue weighted by atomic mass is 16.1. The second kappa shape index (κ2) is 7.53. The van der Waals surface area contributed by atoms with Crippen molar-refractivity contribution in [3.63, 3.8) is 0 Å². The summed E-state index contributed by atoms with van der Waals surface area (Å²) in [4.78, 5) is 21.2. The van der Waals surface area contributed by atoms with Gasteiger partial charge >= 0.3 is 0 Å². The lowest BCUT2D eigenvalue weighted by molar-refractivity contribution is -0.120. The van der Waals surface area contributed by atoms with E-state index in [9.17, 15) is 4.79 Å². The van der Waals surface area contributed by atoms with Crippen molar-refractivity contribution >= 4 is 16.8 Å². The van der Waals surface area contributed by atoms with Crippen LogP contribution in [0.1, 0.15) is 35.2 Å². The molecule has 2 aromatic rings. The summed E-state index contributed by atoms with van der Waals surface area (Å²) in [6.45, 7) is 12.9. The Morgan fingerprint density at radius 2 is 1.79 bits per heavy atom. The van der Waals surface area contributed by atoms with Crippen LogP contribution in [0.2, 0.25) is 0 Å². The first-order chi connectivity index (χ1) is 13.4. The number of hydrogen-bond donors (Lipinski definition) is 2. The van der Waals surface area contributed by atoms with Crippen LogP contribution in [0.15, 0.2) is 12.1 Å². The molecule has 2 fully saturated rings. The summed E-state index contributed by atoms with van der Waals surface area (Å²) in [5, 5.41) is 4.49. The Morgan fingerprint density at radius 3 is 2.46 bits per heavy atom. The molecule has 1 saturated heterocycles. The molecular weight excluding hydrogens is 348 g/mol. The monoisotopic (exact) mass is 382 g/mol. The molecule has 1 aromatic heterocycles. The number of nitrogens with zero attached hydrogens (tertiary/aromatic N) is 2. The lowest BCUT2D eigenvalue weighted by Crippen LogP contribution is -2.48. The first-order valence-corrected chi connectivity index (χ1v) is 10.6. The Kier molecular flexibility index (Phi) is 5.23. The van der Waals surface area contributed by atoms with Crippen LogP contribution in [-0.4, -0.2) is 67.0 Å². The predicted molar refractivity (Wildman–Crippen MR) is 115 cm³/mol. The molecule has 0 spiro atoms. The number of carbonyl (C=O) groups is 1. The van der Waals surface area contributed by atoms with Gasteiger partial charge in [0.1, 0.15) is 0 Å². The molecule has 4 rings (SSSR count). The van der Waals surface area contributed by atoms with E-state index in [0.29, 0.717) is 11.8 Å². The fourth-order valence-electron chi connectivity index (χ4n) is 4.59. The standard InChI is InChI=1S/C23H34N4O/c1-16-5-6-17(2)22-21(16)19(18(3)25-22)13-20(28)24-14-23(7-8-23)15-27-11-9-26(4)10-12-27/h5-6,25H,7-15H2,1-4H3,(H,24,28). The second-order valence-corrected chi connectivity index (χ2v) is 9.21. The van der Waals surface area contributed by atoms with Gasteiger partial charge in [0, 0.05) is 61.3 Å². The minimum absolute atomic E-state index is 0.148. The molecule has 1 aliphatic carbocycles. The second-order valence-electron chi connectivity index (χ2n) is 9.21. The van der Waals surface area contributed by atoms with Gasteiger partial charge in [-0.3, -0.25) is 4.79 Å². The van der Waals surface area contributed by atoms with Crippen molar-refractivity contribution < 1.29 is 4.79 Å². The topological polar surface area (TPSA) is 51.4 Å². The van der Waals surface area contributed by atoms with Crippen LogP contribution in [0.4, 0.5) is 0 Å². The molecule has 2 aliphatic rings. The van der Waals surface area contributed by atoms with Crippen molar-refractivity contribution in [1.29, 1.82) is 0 Å². The Morgan fingerprint density at radius 1 is 1.11 bits per heavy atom. The number of nitrogens with one attached hydrogen (secondary N) is 2. The highest BCUT2D eigenvalue weighted by molar-refractivity contribution is 5.93. The number of H-pyrrole nitrogens is 1. The van der Waals surface area contributed by atoms with Crippen LogP contribution in [0.5, 0.6) is 0 Å². The van der Waals surface area contributed by atoms with Crippen molar-refractivity contribution in [1.82, 2.24) is 20.1 Å². The van der Waals surface area contributed by atoms with E-state index in [1.165, 1.54) is 34.9 Å². The van der Waals surface area contributed by atoms with Crippen LogP contribution in [0.3, 0.4) is 0 Å². The fraction of sp³-hybridized carbons (Fsp3) is 0.609. The molecule has 0 unspecified atom stereocenters. The molecule has 5 heteroatoms. The fourth-order valence-corrected chi connectivity index (χ4v) is 4.59. The number of aromatic amines is 1. The summed E-state index contributed by atoms with van der Waals surface area (Å²) < 4.78 is 0. The summed E-state index contributed by atoms with van der Waals surface area (Å²) in [7, 11) is 2.19. The number of likely N-dealkylation sites (N-methyl/N-ethyl adjacent to an activating group) is 1. The number of hydrogen-bond acceptors (Lipinski definition) is 3. The zero-order chi connectivity index (χ0) is 19.9. The van der Waals surface area contributed by atoms with Gasteiger partial charge in [-0.15, -0.1) is 0 Å². The third-order valence-corrected chi connectivity index (χ3v) is 6.80. The van der Waals surface area contributed by atoms with Crippen molar-refractivity contribution in [2.24, 2.45) is 5.41 Å². The van der Waals surface area contributed by atoms with Gasteiger partial charge in [0.15, 0.2) is 0 Å². The Labute approximate surface area is 168 Å². The number of piperazine rings is 1. The maximum atomic E-state index is 12.8. The molecule has 28 heavy (non-hydrogen) atoms. The van der Waals surface area contributed by atoms with Gasteiger partial charge < -0.3 is 20.1 Å². The van der Waals surface area contributed by atoms with Gasteiger partial charge in [-0.05, 0) is 57.4 Å². The average Bonchev–Trinajstić information content (AvgIpc) is 3.35. The van der Waals surface area contributed by atoms with E-state index in [4.69, 9.17) is 0 Å². The van der Waals surface area contributed by atoms with Gasteiger partial charge in [-0.1, -0.05) is 12.1 Å². The third kappa shape index (κ3) is 3.96. The van der Waals surface area contributed by atoms with E-state index in [1.54, 1.807) is 0 Å². The normalized spacial score (nSPS) is 19.9. The van der Waals surface area contributed by atoms with E-state index in [0.717, 1.165) is 50.5 Å². The minimum Gasteiger partial charge on any atom is -0.358 e. The maximum absolute atomic E-state index is 12.8. The van der Waals surface area contributed by atoms with Crippen molar-refractivity contribution in [3.8, 4) is 0 Å². The molecule has 1 amide bonds. The quantitative estimate of drug-likeness (QED) is 0.808. The van der Waals surface area contributed by atoms with Gasteiger partial charge in [-0.25, -0.2) is 0 Å². The van der Waals surface area contributed by atoms with Crippen LogP contribution >= 0.6 is 0 Å². The number of fused-ring (bicyclic) bond motifs is 1. The van der Waals surface area contributed by atoms with E-state index in [-0.39, 0.29) is 5.91 Å². The molecule has 0 bridgehead atoms. The Bertz CT molecular complexity index is 872. The molecule has 2 N–H and O–H groups in total. The number of amides is 1. The summed E-state index contributed by atoms with van der Waals surface area (Å²) in [5.41, 5.74) is 6.22. The molecule has 2 heterocycles. The van der Waals surface area contributed by atoms with Crippen LogP contribution in [0.25, 0.3) is 10.9 Å². The first kappa shape index (κ1) is 19.5. The lowest BCUT2D eigenvalue weighted by atomic mass is 10.0. The molecule has 1 saturated carbocycles. The number of aromatic nitrogens is 1. The molecule has 1 aliphatic heterocycles. The smallest absolute Gasteiger partial charge is 0.224 e. The zero-order valence-corrected chi connectivity index (χ0v) is 17.8. The third-order valence-electron chi connectivity index (χ3n) is 6.80. The van der Waals surface area contributed by atoms with Crippen molar-refractivity contribution in [2.45, 2.75) is 40.0 Å². The van der Waals surface area contributed by atoms with E-state index < -0.39 is 0 Å². The van der Waals surface area contributed by atoms with Gasteiger partial charge in [-0.2, -0.15) is 0 Å². The number of rotatable bonds is 6. The number of carbonyl (C=O) groups excluding carboxylic acids is 1. The summed E-state index contributed by atoms with van der Waals surface area (Å²) in [6.07, 6.45) is 2.94. The van der Waals surface area contributed by atoms with Crippen LogP contribution in [0, 0.1) is 26.2 Å². The average molecular weight is 383 g/mol. The molecule has 1 aromatic carbocycles. The van der Waals surface area contributed by atoms with Gasteiger partial charge in [0.05, 0.1) is 6.42 Å². The summed E-state index contributed by atoms with van der Waals surface area (Å²) in [6, 6.07) is 4.30. The van der Waals surface area contributed by atoms with Crippen LogP contribution < -0.4 is 5.32 Å². The number of aryl methyl sites for hydroxylation is 3. The first-order valence-electron chi connectivity index (χ1n) is 10.6. The SMILES string of the molecule is Cc1[nH]c2c(C)ccc(C)c2c1CC(=O)NCC1(CN2CCN(C)CC2)CC1. The lowest BCUT2D eigenvalue weighted by Gasteiger charge is -2.34. The Hall–Kier alpha value is -1.85. The molecule has 5 nitrogen and oxygen atoms in total. The number of benzene rings is 1. The van der Waals surface area contributed by atoms with E-state index in [1.807, 2.05) is 0 Å². The van der Waals surface area contributed by atoms with Gasteiger partial charge in [0.25, 0.3) is 0 Å². The van der Waals surface area contributed by atoms with E-state index >= 15 is 0 Å². The highest BCUT2D eigenvalue weighted by Gasteiger charge is 2.44. The summed E-state index contributed by atoms with van der Waals surface area (Å²) in [5.74, 6) is 0.148. The highest BCUT2D eigenvalue weighted by Crippen LogP contribution is 2.45. The zero-order valence-electron chi connectivity index (χ0n) is 17.8. The molecule has 0 atom stereocenters. The largest absolute Gasteiger partial charge is 0.358 e. The summed E-state index contributed by atoms with van der Waals surface area (Å²) >= 11 is 0. The van der Waals surface area contributed by atoms with E-state index in [2.05, 4.69) is 60.1 Å². The molecule has 152 valence electrons. The van der Waals surface area contributed by atoms with Gasteiger partial charge in [0.2, 0.25) is 5.91 Å². The minimum atomic E-state index is 0.148. The van der Waals surface area contributed by atoms with Crippen LogP contribution in [-0.2, 0) is 11.2 Å². The Balaban J connectivity index is 1.37. The predicted octanol–water partition coefficient (Wildman–Crippen LogP) is 2.78. The van der Waals surface area contributed by atoms with Crippen molar-refractivity contribution in [3.05, 3.63) is 34.5 Å². The molecular formula is C23H34N4O.